The van der Waals surface area contributed by atoms with Gasteiger partial charge in [0.05, 0.1) is 10.9 Å². The van der Waals surface area contributed by atoms with Crippen LogP contribution in [0.3, 0.4) is 0 Å². The minimum atomic E-state index is -0.827. The Morgan fingerprint density at radius 2 is 2.18 bits per heavy atom. The minimum absolute atomic E-state index is 0.143. The summed E-state index contributed by atoms with van der Waals surface area (Å²) < 4.78 is 0. The highest BCUT2D eigenvalue weighted by molar-refractivity contribution is 7.11. The Hall–Kier alpha value is -1.43. The summed E-state index contributed by atoms with van der Waals surface area (Å²) in [5, 5.41) is 9.75. The zero-order chi connectivity index (χ0) is 12.6. The molecule has 92 valence electrons. The van der Waals surface area contributed by atoms with Gasteiger partial charge in [-0.3, -0.25) is 9.59 Å². The molecule has 0 saturated carbocycles. The molecule has 17 heavy (non-hydrogen) atoms. The van der Waals surface area contributed by atoms with Crippen LogP contribution in [0.15, 0.2) is 0 Å². The van der Waals surface area contributed by atoms with Crippen LogP contribution < -0.4 is 0 Å². The van der Waals surface area contributed by atoms with E-state index in [1.54, 1.807) is 4.90 Å². The van der Waals surface area contributed by atoms with E-state index in [9.17, 15) is 9.59 Å². The van der Waals surface area contributed by atoms with Gasteiger partial charge in [0.1, 0.15) is 5.69 Å². The van der Waals surface area contributed by atoms with E-state index < -0.39 is 11.9 Å². The van der Waals surface area contributed by atoms with Gasteiger partial charge in [-0.25, -0.2) is 4.98 Å². The molecule has 0 radical (unpaired) electrons. The topological polar surface area (TPSA) is 70.5 Å². The number of rotatable bonds is 2. The van der Waals surface area contributed by atoms with Gasteiger partial charge < -0.3 is 10.0 Å². The number of carboxylic acid groups (broad SMARTS) is 1. The van der Waals surface area contributed by atoms with Gasteiger partial charge in [-0.2, -0.15) is 0 Å². The maximum absolute atomic E-state index is 12.1. The summed E-state index contributed by atoms with van der Waals surface area (Å²) in [7, 11) is 0. The van der Waals surface area contributed by atoms with E-state index in [0.29, 0.717) is 25.2 Å². The Morgan fingerprint density at radius 3 is 2.65 bits per heavy atom. The zero-order valence-electron chi connectivity index (χ0n) is 9.77. The maximum atomic E-state index is 12.1. The molecule has 0 aromatic carbocycles. The van der Waals surface area contributed by atoms with Gasteiger partial charge in [-0.05, 0) is 20.3 Å². The number of carboxylic acids is 1. The van der Waals surface area contributed by atoms with Crippen LogP contribution in [0.25, 0.3) is 0 Å². The molecule has 1 amide bonds. The zero-order valence-corrected chi connectivity index (χ0v) is 10.6. The third-order valence-electron chi connectivity index (χ3n) is 2.93. The number of carbonyl (C=O) groups is 2. The molecule has 0 aliphatic carbocycles. The van der Waals surface area contributed by atoms with Crippen LogP contribution in [-0.2, 0) is 4.79 Å². The Bertz CT molecular complexity index is 469. The summed E-state index contributed by atoms with van der Waals surface area (Å²) in [6.07, 6.45) is 0.531. The molecule has 1 saturated heterocycles. The van der Waals surface area contributed by atoms with Crippen molar-refractivity contribution in [3.05, 3.63) is 15.6 Å². The normalized spacial score (nSPS) is 19.6. The molecular formula is C11H14N2O3S. The number of aromatic nitrogens is 1. The first-order chi connectivity index (χ1) is 7.99. The maximum Gasteiger partial charge on any atom is 0.308 e. The SMILES string of the molecule is Cc1nc(C(=O)N2CCC(C(=O)O)C2)c(C)s1. The summed E-state index contributed by atoms with van der Waals surface area (Å²) in [6, 6.07) is 0. The second-order valence-corrected chi connectivity index (χ2v) is 5.62. The molecule has 5 nitrogen and oxygen atoms in total. The Balaban J connectivity index is 2.12. The summed E-state index contributed by atoms with van der Waals surface area (Å²) in [5.74, 6) is -1.40. The lowest BCUT2D eigenvalue weighted by Crippen LogP contribution is -2.30. The van der Waals surface area contributed by atoms with Crippen LogP contribution in [0.2, 0.25) is 0 Å². The van der Waals surface area contributed by atoms with E-state index in [1.165, 1.54) is 11.3 Å². The molecule has 1 aromatic rings. The van der Waals surface area contributed by atoms with Crippen LogP contribution in [0.5, 0.6) is 0 Å². The van der Waals surface area contributed by atoms with E-state index in [0.717, 1.165) is 9.88 Å². The number of hydrogen-bond acceptors (Lipinski definition) is 4. The fourth-order valence-corrected chi connectivity index (χ4v) is 2.83. The summed E-state index contributed by atoms with van der Waals surface area (Å²) in [5.41, 5.74) is 0.471. The molecule has 1 atom stereocenters. The van der Waals surface area contributed by atoms with Crippen molar-refractivity contribution >= 4 is 23.2 Å². The second-order valence-electron chi connectivity index (χ2n) is 4.21. The standard InChI is InChI=1S/C11H14N2O3S/c1-6-9(12-7(2)17-6)10(14)13-4-3-8(5-13)11(15)16/h8H,3-5H2,1-2H3,(H,15,16). The van der Waals surface area contributed by atoms with Crippen molar-refractivity contribution in [2.45, 2.75) is 20.3 Å². The third-order valence-corrected chi connectivity index (χ3v) is 3.82. The van der Waals surface area contributed by atoms with Crippen molar-refractivity contribution < 1.29 is 14.7 Å². The number of likely N-dealkylation sites (tertiary alicyclic amines) is 1. The molecule has 2 heterocycles. The van der Waals surface area contributed by atoms with Crippen LogP contribution in [0.4, 0.5) is 0 Å². The van der Waals surface area contributed by atoms with Crippen molar-refractivity contribution in [1.29, 1.82) is 0 Å². The van der Waals surface area contributed by atoms with E-state index >= 15 is 0 Å². The van der Waals surface area contributed by atoms with Gasteiger partial charge in [0, 0.05) is 18.0 Å². The van der Waals surface area contributed by atoms with Crippen LogP contribution >= 0.6 is 11.3 Å². The average molecular weight is 254 g/mol. The fraction of sp³-hybridized carbons (Fsp3) is 0.545. The molecule has 1 aliphatic rings. The van der Waals surface area contributed by atoms with Gasteiger partial charge in [-0.15, -0.1) is 11.3 Å². The van der Waals surface area contributed by atoms with E-state index in [-0.39, 0.29) is 5.91 Å². The largest absolute Gasteiger partial charge is 0.481 e. The molecule has 1 aromatic heterocycles. The molecule has 1 N–H and O–H groups in total. The quantitative estimate of drug-likeness (QED) is 0.863. The number of carbonyl (C=O) groups excluding carboxylic acids is 1. The predicted octanol–water partition coefficient (Wildman–Crippen LogP) is 1.31. The molecule has 0 bridgehead atoms. The molecule has 1 aliphatic heterocycles. The average Bonchev–Trinajstić information content (AvgIpc) is 2.84. The van der Waals surface area contributed by atoms with Gasteiger partial charge >= 0.3 is 5.97 Å². The van der Waals surface area contributed by atoms with Gasteiger partial charge in [-0.1, -0.05) is 0 Å². The Kier molecular flexibility index (Phi) is 3.15. The number of thiazole rings is 1. The van der Waals surface area contributed by atoms with Crippen molar-refractivity contribution in [2.75, 3.05) is 13.1 Å². The smallest absolute Gasteiger partial charge is 0.308 e. The first kappa shape index (κ1) is 12.0. The highest BCUT2D eigenvalue weighted by Gasteiger charge is 2.32. The molecule has 1 unspecified atom stereocenters. The van der Waals surface area contributed by atoms with E-state index in [4.69, 9.17) is 5.11 Å². The number of aliphatic carboxylic acids is 1. The van der Waals surface area contributed by atoms with Gasteiger partial charge in [0.25, 0.3) is 5.91 Å². The van der Waals surface area contributed by atoms with Crippen LogP contribution in [-0.4, -0.2) is 40.0 Å². The highest BCUT2D eigenvalue weighted by Crippen LogP contribution is 2.22. The summed E-state index contributed by atoms with van der Waals surface area (Å²) >= 11 is 1.49. The molecular weight excluding hydrogens is 240 g/mol. The van der Waals surface area contributed by atoms with Crippen molar-refractivity contribution in [3.63, 3.8) is 0 Å². The second kappa shape index (κ2) is 4.44. The summed E-state index contributed by atoms with van der Waals surface area (Å²) in [6.45, 7) is 4.52. The summed E-state index contributed by atoms with van der Waals surface area (Å²) in [4.78, 5) is 29.6. The number of aryl methyl sites for hydroxylation is 2. The number of nitrogens with zero attached hydrogens (tertiary/aromatic N) is 2. The Labute approximate surface area is 103 Å². The number of hydrogen-bond donors (Lipinski definition) is 1. The molecule has 0 spiro atoms. The molecule has 6 heteroatoms. The van der Waals surface area contributed by atoms with E-state index in [1.807, 2.05) is 13.8 Å². The first-order valence-electron chi connectivity index (χ1n) is 5.45. The van der Waals surface area contributed by atoms with Gasteiger partial charge in [0.15, 0.2) is 0 Å². The number of amides is 1. The minimum Gasteiger partial charge on any atom is -0.481 e. The predicted molar refractivity (Wildman–Crippen MR) is 63.2 cm³/mol. The van der Waals surface area contributed by atoms with Gasteiger partial charge in [0.2, 0.25) is 0 Å². The third kappa shape index (κ3) is 2.31. The molecule has 2 rings (SSSR count). The van der Waals surface area contributed by atoms with Crippen molar-refractivity contribution in [1.82, 2.24) is 9.88 Å². The highest BCUT2D eigenvalue weighted by atomic mass is 32.1. The van der Waals surface area contributed by atoms with Crippen LogP contribution in [0.1, 0.15) is 26.8 Å². The molecule has 1 fully saturated rings. The first-order valence-corrected chi connectivity index (χ1v) is 6.27. The van der Waals surface area contributed by atoms with Crippen LogP contribution in [0, 0.1) is 19.8 Å². The van der Waals surface area contributed by atoms with Crippen molar-refractivity contribution in [3.8, 4) is 0 Å². The lowest BCUT2D eigenvalue weighted by molar-refractivity contribution is -0.141. The van der Waals surface area contributed by atoms with E-state index in [2.05, 4.69) is 4.98 Å². The fourth-order valence-electron chi connectivity index (χ4n) is 2.02. The monoisotopic (exact) mass is 254 g/mol. The lowest BCUT2D eigenvalue weighted by Gasteiger charge is -2.14. The Morgan fingerprint density at radius 1 is 1.47 bits per heavy atom. The lowest BCUT2D eigenvalue weighted by atomic mass is 10.1. The van der Waals surface area contributed by atoms with Crippen molar-refractivity contribution in [2.24, 2.45) is 5.92 Å².